The second kappa shape index (κ2) is 19.0. The third-order valence-electron chi connectivity index (χ3n) is 10.5. The van der Waals surface area contributed by atoms with Crippen molar-refractivity contribution in [1.29, 1.82) is 0 Å². The number of nitrogens with one attached hydrogen (secondary N) is 3. The summed E-state index contributed by atoms with van der Waals surface area (Å²) >= 11 is 0. The number of benzene rings is 3. The Hall–Kier alpha value is -5.39. The quantitative estimate of drug-likeness (QED) is 0.133. The number of amides is 4. The van der Waals surface area contributed by atoms with E-state index in [-0.39, 0.29) is 30.4 Å². The number of hydrogen-bond acceptors (Lipinski definition) is 8. The Morgan fingerprint density at radius 2 is 1.55 bits per heavy atom. The van der Waals surface area contributed by atoms with Gasteiger partial charge in [-0.15, -0.1) is 0 Å². The summed E-state index contributed by atoms with van der Waals surface area (Å²) in [5, 5.41) is 8.92. The van der Waals surface area contributed by atoms with Crippen LogP contribution in [0, 0.1) is 0 Å². The molecule has 12 heteroatoms. The molecule has 1 heterocycles. The van der Waals surface area contributed by atoms with Crippen molar-refractivity contribution in [1.82, 2.24) is 20.9 Å². The molecule has 0 radical (unpaired) electrons. The monoisotopic (exact) mass is 768 g/mol. The highest BCUT2D eigenvalue weighted by atomic mass is 16.6. The van der Waals surface area contributed by atoms with Crippen LogP contribution in [0.15, 0.2) is 78.9 Å². The highest BCUT2D eigenvalue weighted by Crippen LogP contribution is 2.48. The third kappa shape index (κ3) is 10.1. The summed E-state index contributed by atoms with van der Waals surface area (Å²) in [4.78, 5) is 69.4. The number of nitrogens with zero attached hydrogens (tertiary/aromatic N) is 1. The number of carbonyl (C=O) groups is 5. The van der Waals surface area contributed by atoms with Gasteiger partial charge in [-0.25, -0.2) is 9.59 Å². The molecule has 300 valence electrons. The summed E-state index contributed by atoms with van der Waals surface area (Å²) in [6.45, 7) is 8.61. The number of likely N-dealkylation sites (tertiary alicyclic amines) is 1. The van der Waals surface area contributed by atoms with E-state index in [1.54, 1.807) is 45.9 Å². The molecule has 3 aromatic carbocycles. The van der Waals surface area contributed by atoms with Crippen LogP contribution in [-0.2, 0) is 29.3 Å². The Bertz CT molecular complexity index is 1840. The standard InChI is InChI=1S/C44H56N4O8/c1-6-55-40(51)36(21-14-15-27-45-42(53)56-43(2,3)4)47-41(52)44(30-16-8-7-9-17-30)26-23-33(32-18-10-12-20-35(32)44)39(50)48-28-24-31(25-29-48)46-38(49)34-19-11-13-22-37(34)54-5/h7-13,16-20,22,31,33,36H,6,14-15,21,23-29H2,1-5H3,(H,45,53)(H,46,49)(H,47,52)/t33-,36-,44+/m0/s1. The molecule has 1 aliphatic heterocycles. The molecule has 3 N–H and O–H groups in total. The Morgan fingerprint density at radius 1 is 0.875 bits per heavy atom. The Balaban J connectivity index is 1.31. The molecule has 3 atom stereocenters. The van der Waals surface area contributed by atoms with E-state index in [1.165, 1.54) is 7.11 Å². The first-order valence-electron chi connectivity index (χ1n) is 19.7. The number of ether oxygens (including phenoxy) is 3. The number of rotatable bonds is 14. The highest BCUT2D eigenvalue weighted by Gasteiger charge is 2.49. The van der Waals surface area contributed by atoms with E-state index in [2.05, 4.69) is 16.0 Å². The smallest absolute Gasteiger partial charge is 0.407 e. The normalized spacial score (nSPS) is 18.8. The molecule has 2 aliphatic rings. The van der Waals surface area contributed by atoms with Crippen molar-refractivity contribution < 1.29 is 38.2 Å². The van der Waals surface area contributed by atoms with Gasteiger partial charge in [-0.2, -0.15) is 0 Å². The summed E-state index contributed by atoms with van der Waals surface area (Å²) in [5.74, 6) is -1.02. The first-order valence-corrected chi connectivity index (χ1v) is 19.7. The molecule has 1 fully saturated rings. The lowest BCUT2D eigenvalue weighted by molar-refractivity contribution is -0.148. The fourth-order valence-electron chi connectivity index (χ4n) is 7.80. The highest BCUT2D eigenvalue weighted by molar-refractivity contribution is 5.98. The Kier molecular flexibility index (Phi) is 14.1. The summed E-state index contributed by atoms with van der Waals surface area (Å²) in [6, 6.07) is 23.2. The van der Waals surface area contributed by atoms with Crippen LogP contribution in [0.1, 0.15) is 106 Å². The minimum Gasteiger partial charge on any atom is -0.496 e. The van der Waals surface area contributed by atoms with Crippen molar-refractivity contribution in [2.75, 3.05) is 33.4 Å². The van der Waals surface area contributed by atoms with Crippen LogP contribution in [0.2, 0.25) is 0 Å². The molecule has 0 bridgehead atoms. The first-order chi connectivity index (χ1) is 26.9. The maximum atomic E-state index is 14.8. The van der Waals surface area contributed by atoms with Gasteiger partial charge in [0.2, 0.25) is 11.8 Å². The van der Waals surface area contributed by atoms with Gasteiger partial charge in [0.05, 0.1) is 30.6 Å². The van der Waals surface area contributed by atoms with Crippen LogP contribution in [-0.4, -0.2) is 85.7 Å². The van der Waals surface area contributed by atoms with Gasteiger partial charge >= 0.3 is 12.1 Å². The van der Waals surface area contributed by atoms with E-state index in [9.17, 15) is 24.0 Å². The molecule has 1 saturated heterocycles. The molecular weight excluding hydrogens is 713 g/mol. The Labute approximate surface area is 330 Å². The number of piperidine rings is 1. The number of esters is 1. The molecule has 0 unspecified atom stereocenters. The SMILES string of the molecule is CCOC(=O)[C@H](CCCCNC(=O)OC(C)(C)C)NC(=O)[C@@]1(c2ccccc2)CC[C@H](C(=O)N2CCC(NC(=O)c3ccccc3OC)CC2)c2ccccc21. The number of methoxy groups -OCH3 is 1. The topological polar surface area (TPSA) is 152 Å². The molecule has 0 saturated carbocycles. The molecule has 4 amide bonds. The second-order valence-corrected chi connectivity index (χ2v) is 15.4. The average Bonchev–Trinajstić information content (AvgIpc) is 3.19. The number of fused-ring (bicyclic) bond motifs is 1. The van der Waals surface area contributed by atoms with Crippen LogP contribution in [0.3, 0.4) is 0 Å². The molecule has 5 rings (SSSR count). The maximum Gasteiger partial charge on any atom is 0.407 e. The van der Waals surface area contributed by atoms with E-state index in [1.807, 2.05) is 65.6 Å². The first kappa shape index (κ1) is 41.8. The zero-order chi connectivity index (χ0) is 40.3. The number of para-hydroxylation sites is 1. The van der Waals surface area contributed by atoms with E-state index in [4.69, 9.17) is 14.2 Å². The summed E-state index contributed by atoms with van der Waals surface area (Å²) in [7, 11) is 1.54. The molecule has 3 aromatic rings. The maximum absolute atomic E-state index is 14.8. The number of carbonyl (C=O) groups excluding carboxylic acids is 5. The summed E-state index contributed by atoms with van der Waals surface area (Å²) in [5.41, 5.74) is 0.977. The lowest BCUT2D eigenvalue weighted by atomic mass is 9.62. The van der Waals surface area contributed by atoms with Crippen LogP contribution in [0.4, 0.5) is 4.79 Å². The van der Waals surface area contributed by atoms with Gasteiger partial charge in [0.25, 0.3) is 5.91 Å². The van der Waals surface area contributed by atoms with Crippen molar-refractivity contribution in [2.45, 2.75) is 102 Å². The molecule has 0 spiro atoms. The van der Waals surface area contributed by atoms with E-state index >= 15 is 0 Å². The van der Waals surface area contributed by atoms with Crippen LogP contribution in [0.5, 0.6) is 5.75 Å². The zero-order valence-corrected chi connectivity index (χ0v) is 33.2. The molecule has 56 heavy (non-hydrogen) atoms. The van der Waals surface area contributed by atoms with E-state index in [0.29, 0.717) is 75.9 Å². The van der Waals surface area contributed by atoms with Gasteiger partial charge in [0, 0.05) is 25.7 Å². The van der Waals surface area contributed by atoms with Crippen molar-refractivity contribution in [3.05, 3.63) is 101 Å². The average molecular weight is 769 g/mol. The zero-order valence-electron chi connectivity index (χ0n) is 33.2. The molecule has 1 aliphatic carbocycles. The van der Waals surface area contributed by atoms with Gasteiger partial charge in [-0.1, -0.05) is 66.7 Å². The molecule has 0 aromatic heterocycles. The fraction of sp³-hybridized carbons (Fsp3) is 0.477. The van der Waals surface area contributed by atoms with Crippen LogP contribution >= 0.6 is 0 Å². The van der Waals surface area contributed by atoms with Gasteiger partial charge in [0.15, 0.2) is 0 Å². The fourth-order valence-corrected chi connectivity index (χ4v) is 7.80. The van der Waals surface area contributed by atoms with Crippen molar-refractivity contribution in [3.8, 4) is 5.75 Å². The summed E-state index contributed by atoms with van der Waals surface area (Å²) < 4.78 is 16.1. The summed E-state index contributed by atoms with van der Waals surface area (Å²) in [6.07, 6.45) is 2.89. The number of alkyl carbamates (subject to hydrolysis) is 1. The predicted octanol–water partition coefficient (Wildman–Crippen LogP) is 6.02. The van der Waals surface area contributed by atoms with Crippen LogP contribution in [0.25, 0.3) is 0 Å². The molecule has 12 nitrogen and oxygen atoms in total. The van der Waals surface area contributed by atoms with Crippen molar-refractivity contribution in [2.24, 2.45) is 0 Å². The molecular formula is C44H56N4O8. The van der Waals surface area contributed by atoms with E-state index in [0.717, 1.165) is 16.7 Å². The third-order valence-corrected chi connectivity index (χ3v) is 10.5. The van der Waals surface area contributed by atoms with Crippen molar-refractivity contribution in [3.63, 3.8) is 0 Å². The number of unbranched alkanes of at least 4 members (excludes halogenated alkanes) is 1. The Morgan fingerprint density at radius 3 is 2.25 bits per heavy atom. The van der Waals surface area contributed by atoms with Crippen molar-refractivity contribution >= 4 is 29.8 Å². The lowest BCUT2D eigenvalue weighted by Crippen LogP contribution is -2.54. The van der Waals surface area contributed by atoms with Gasteiger partial charge in [0.1, 0.15) is 17.4 Å². The van der Waals surface area contributed by atoms with Gasteiger partial charge < -0.3 is 35.1 Å². The van der Waals surface area contributed by atoms with Crippen LogP contribution < -0.4 is 20.7 Å². The second-order valence-electron chi connectivity index (χ2n) is 15.4. The van der Waals surface area contributed by atoms with Gasteiger partial charge in [-0.05, 0) is 101 Å². The lowest BCUT2D eigenvalue weighted by Gasteiger charge is -2.43. The predicted molar refractivity (Wildman–Crippen MR) is 212 cm³/mol. The van der Waals surface area contributed by atoms with E-state index < -0.39 is 35.0 Å². The number of hydrogen-bond donors (Lipinski definition) is 3. The van der Waals surface area contributed by atoms with Gasteiger partial charge in [-0.3, -0.25) is 14.4 Å². The minimum absolute atomic E-state index is 0.00147. The minimum atomic E-state index is -1.17. The largest absolute Gasteiger partial charge is 0.496 e.